The van der Waals surface area contributed by atoms with Crippen LogP contribution in [0.2, 0.25) is 0 Å². The molecule has 0 saturated heterocycles. The maximum Gasteiger partial charge on any atom is 0.166 e. The molecule has 5 heteroatoms. The lowest BCUT2D eigenvalue weighted by Crippen LogP contribution is -1.90. The molecule has 0 amide bonds. The molecular formula is C17H14N2O2S. The lowest BCUT2D eigenvalue weighted by Gasteiger charge is -2.09. The van der Waals surface area contributed by atoms with Gasteiger partial charge >= 0.3 is 0 Å². The van der Waals surface area contributed by atoms with Crippen molar-refractivity contribution in [2.45, 2.75) is 0 Å². The summed E-state index contributed by atoms with van der Waals surface area (Å²) in [5.74, 6) is 1.08. The average molecular weight is 310 g/mol. The third-order valence-corrected chi connectivity index (χ3v) is 4.03. The summed E-state index contributed by atoms with van der Waals surface area (Å²) in [6, 6.07) is 13.2. The Kier molecular flexibility index (Phi) is 4.16. The number of hydrogen-bond acceptors (Lipinski definition) is 5. The van der Waals surface area contributed by atoms with Gasteiger partial charge in [0, 0.05) is 22.9 Å². The zero-order chi connectivity index (χ0) is 15.4. The normalized spacial score (nSPS) is 11.0. The van der Waals surface area contributed by atoms with Crippen LogP contribution >= 0.6 is 11.3 Å². The minimum Gasteiger partial charge on any atom is -0.504 e. The van der Waals surface area contributed by atoms with Crippen LogP contribution in [0.5, 0.6) is 11.5 Å². The smallest absolute Gasteiger partial charge is 0.166 e. The number of hydrogen-bond donors (Lipinski definition) is 1. The highest BCUT2D eigenvalue weighted by atomic mass is 32.1. The first-order valence-electron chi connectivity index (χ1n) is 6.68. The Balaban J connectivity index is 2.03. The predicted molar refractivity (Wildman–Crippen MR) is 89.5 cm³/mol. The Morgan fingerprint density at radius 1 is 1.23 bits per heavy atom. The lowest BCUT2D eigenvalue weighted by atomic mass is 10.1. The molecule has 0 bridgehead atoms. The van der Waals surface area contributed by atoms with Crippen LogP contribution in [0.1, 0.15) is 5.56 Å². The number of nitrogens with zero attached hydrogens (tertiary/aromatic N) is 2. The molecule has 0 atom stereocenters. The second-order valence-corrected chi connectivity index (χ2v) is 5.49. The second-order valence-electron chi connectivity index (χ2n) is 4.54. The highest BCUT2D eigenvalue weighted by Crippen LogP contribution is 2.36. The third-order valence-electron chi connectivity index (χ3n) is 3.12. The average Bonchev–Trinajstić information content (AvgIpc) is 3.09. The van der Waals surface area contributed by atoms with E-state index in [2.05, 4.69) is 9.98 Å². The molecule has 2 aromatic heterocycles. The van der Waals surface area contributed by atoms with Crippen LogP contribution in [-0.2, 0) is 0 Å². The summed E-state index contributed by atoms with van der Waals surface area (Å²) in [4.78, 5) is 9.52. The van der Waals surface area contributed by atoms with Crippen LogP contribution < -0.4 is 4.74 Å². The minimum atomic E-state index is 0.0717. The molecule has 110 valence electrons. The first kappa shape index (κ1) is 14.3. The van der Waals surface area contributed by atoms with Crippen molar-refractivity contribution in [1.29, 1.82) is 0 Å². The zero-order valence-electron chi connectivity index (χ0n) is 11.9. The molecule has 0 fully saturated rings. The molecule has 0 unspecified atom stereocenters. The number of benzene rings is 1. The SMILES string of the molecule is COc1cc(-c2cccs2)cc(/C=N/c2ccccn2)c1O. The van der Waals surface area contributed by atoms with Gasteiger partial charge in [0.05, 0.1) is 7.11 Å². The number of rotatable bonds is 4. The lowest BCUT2D eigenvalue weighted by molar-refractivity contribution is 0.373. The summed E-state index contributed by atoms with van der Waals surface area (Å²) in [5.41, 5.74) is 1.57. The first-order chi connectivity index (χ1) is 10.8. The van der Waals surface area contributed by atoms with E-state index < -0.39 is 0 Å². The van der Waals surface area contributed by atoms with Crippen LogP contribution in [0.3, 0.4) is 0 Å². The van der Waals surface area contributed by atoms with Crippen LogP contribution in [-0.4, -0.2) is 23.4 Å². The maximum atomic E-state index is 10.3. The fraction of sp³-hybridized carbons (Fsp3) is 0.0588. The van der Waals surface area contributed by atoms with Crippen molar-refractivity contribution in [1.82, 2.24) is 4.98 Å². The molecule has 3 rings (SSSR count). The van der Waals surface area contributed by atoms with Gasteiger partial charge in [-0.3, -0.25) is 0 Å². The van der Waals surface area contributed by atoms with Crippen molar-refractivity contribution in [3.05, 3.63) is 59.6 Å². The van der Waals surface area contributed by atoms with E-state index in [-0.39, 0.29) is 5.75 Å². The molecule has 1 N–H and O–H groups in total. The summed E-state index contributed by atoms with van der Waals surface area (Å²) in [6.45, 7) is 0. The Morgan fingerprint density at radius 2 is 2.14 bits per heavy atom. The van der Waals surface area contributed by atoms with Crippen LogP contribution in [0.15, 0.2) is 59.0 Å². The van der Waals surface area contributed by atoms with Crippen LogP contribution in [0, 0.1) is 0 Å². The van der Waals surface area contributed by atoms with Crippen molar-refractivity contribution < 1.29 is 9.84 Å². The van der Waals surface area contributed by atoms with E-state index in [0.717, 1.165) is 10.4 Å². The summed E-state index contributed by atoms with van der Waals surface area (Å²) in [5, 5.41) is 12.3. The number of methoxy groups -OCH3 is 1. The monoisotopic (exact) mass is 310 g/mol. The fourth-order valence-electron chi connectivity index (χ4n) is 2.03. The summed E-state index contributed by atoms with van der Waals surface area (Å²) >= 11 is 1.63. The van der Waals surface area contributed by atoms with E-state index >= 15 is 0 Å². The second kappa shape index (κ2) is 6.41. The van der Waals surface area contributed by atoms with Crippen molar-refractivity contribution >= 4 is 23.4 Å². The number of ether oxygens (including phenoxy) is 1. The summed E-state index contributed by atoms with van der Waals surface area (Å²) in [7, 11) is 1.53. The number of phenolic OH excluding ortho intramolecular Hbond substituents is 1. The van der Waals surface area contributed by atoms with E-state index in [0.29, 0.717) is 17.1 Å². The number of phenols is 1. The fourth-order valence-corrected chi connectivity index (χ4v) is 2.75. The van der Waals surface area contributed by atoms with E-state index in [1.807, 2.05) is 41.8 Å². The standard InChI is InChI=1S/C17H14N2O2S/c1-21-14-10-12(15-5-4-8-22-15)9-13(17(14)20)11-19-16-6-2-3-7-18-16/h2-11,20H,1H3/b19-11+. The summed E-state index contributed by atoms with van der Waals surface area (Å²) < 4.78 is 5.25. The predicted octanol–water partition coefficient (Wildman–Crippen LogP) is 4.27. The van der Waals surface area contributed by atoms with Gasteiger partial charge in [-0.05, 0) is 41.3 Å². The van der Waals surface area contributed by atoms with Gasteiger partial charge in [0.15, 0.2) is 17.3 Å². The largest absolute Gasteiger partial charge is 0.504 e. The Morgan fingerprint density at radius 3 is 2.82 bits per heavy atom. The van der Waals surface area contributed by atoms with Crippen molar-refractivity contribution in [2.75, 3.05) is 7.11 Å². The number of aliphatic imine (C=N–C) groups is 1. The van der Waals surface area contributed by atoms with Crippen molar-refractivity contribution in [3.8, 4) is 21.9 Å². The van der Waals surface area contributed by atoms with Crippen LogP contribution in [0.4, 0.5) is 5.82 Å². The van der Waals surface area contributed by atoms with Gasteiger partial charge in [-0.25, -0.2) is 9.98 Å². The van der Waals surface area contributed by atoms with Gasteiger partial charge in [-0.2, -0.15) is 0 Å². The zero-order valence-corrected chi connectivity index (χ0v) is 12.7. The van der Waals surface area contributed by atoms with Gasteiger partial charge in [-0.15, -0.1) is 11.3 Å². The molecule has 0 saturated carbocycles. The Hall–Kier alpha value is -2.66. The molecule has 0 radical (unpaired) electrons. The number of pyridine rings is 1. The number of thiophene rings is 1. The van der Waals surface area contributed by atoms with Crippen molar-refractivity contribution in [2.24, 2.45) is 4.99 Å². The highest BCUT2D eigenvalue weighted by Gasteiger charge is 2.11. The Bertz CT molecular complexity index is 784. The minimum absolute atomic E-state index is 0.0717. The van der Waals surface area contributed by atoms with E-state index in [1.165, 1.54) is 7.11 Å². The molecule has 2 heterocycles. The molecule has 22 heavy (non-hydrogen) atoms. The van der Waals surface area contributed by atoms with Crippen LogP contribution in [0.25, 0.3) is 10.4 Å². The first-order valence-corrected chi connectivity index (χ1v) is 7.56. The molecule has 0 spiro atoms. The molecule has 3 aromatic rings. The van der Waals surface area contributed by atoms with E-state index in [1.54, 1.807) is 29.8 Å². The van der Waals surface area contributed by atoms with Crippen molar-refractivity contribution in [3.63, 3.8) is 0 Å². The summed E-state index contributed by atoms with van der Waals surface area (Å²) in [6.07, 6.45) is 3.27. The maximum absolute atomic E-state index is 10.3. The molecule has 1 aromatic carbocycles. The van der Waals surface area contributed by atoms with E-state index in [9.17, 15) is 5.11 Å². The highest BCUT2D eigenvalue weighted by molar-refractivity contribution is 7.13. The van der Waals surface area contributed by atoms with Gasteiger partial charge in [0.25, 0.3) is 0 Å². The molecule has 0 aliphatic carbocycles. The quantitative estimate of drug-likeness (QED) is 0.732. The third kappa shape index (κ3) is 2.99. The molecule has 4 nitrogen and oxygen atoms in total. The Labute approximate surface area is 132 Å². The molecule has 0 aliphatic heterocycles. The molecule has 0 aliphatic rings. The topological polar surface area (TPSA) is 54.7 Å². The van der Waals surface area contributed by atoms with Gasteiger partial charge in [0.2, 0.25) is 0 Å². The number of aromatic nitrogens is 1. The van der Waals surface area contributed by atoms with Gasteiger partial charge < -0.3 is 9.84 Å². The molecular weight excluding hydrogens is 296 g/mol. The van der Waals surface area contributed by atoms with Gasteiger partial charge in [0.1, 0.15) is 0 Å². The number of aromatic hydroxyl groups is 1. The van der Waals surface area contributed by atoms with Gasteiger partial charge in [-0.1, -0.05) is 12.1 Å². The van der Waals surface area contributed by atoms with E-state index in [4.69, 9.17) is 4.74 Å².